The number of aliphatic hydroxyl groups excluding tert-OH is 1. The van der Waals surface area contributed by atoms with E-state index in [4.69, 9.17) is 14.2 Å². The lowest BCUT2D eigenvalue weighted by molar-refractivity contribution is -0.0623. The van der Waals surface area contributed by atoms with Crippen LogP contribution >= 0.6 is 0 Å². The summed E-state index contributed by atoms with van der Waals surface area (Å²) >= 11 is 0. The molecule has 0 unspecified atom stereocenters. The lowest BCUT2D eigenvalue weighted by Gasteiger charge is -2.42. The standard InChI is InChI=1S/C22H28N2O5/c1-15(2)13-28-17(14-27-9-5-8-25)12-24-20-18-10-16(11-23)6-7-19(18)29-22(3,4)21(20)26/h5-7,10,12,15,20-21,24,26H,9,13-14H2,1-4H3/b17-12+/t20-,21+/m1/s1. The summed E-state index contributed by atoms with van der Waals surface area (Å²) in [6, 6.07) is 6.74. The maximum Gasteiger partial charge on any atom is 0.137 e. The highest BCUT2D eigenvalue weighted by Gasteiger charge is 2.42. The van der Waals surface area contributed by atoms with Gasteiger partial charge in [0.2, 0.25) is 0 Å². The number of aliphatic hydroxyl groups is 1. The molecule has 0 amide bonds. The summed E-state index contributed by atoms with van der Waals surface area (Å²) in [5.74, 6) is 3.13. The summed E-state index contributed by atoms with van der Waals surface area (Å²) < 4.78 is 17.1. The average molecular weight is 400 g/mol. The number of nitrogens with one attached hydrogen (secondary N) is 1. The fraction of sp³-hybridized carbons (Fsp3) is 0.500. The molecule has 156 valence electrons. The van der Waals surface area contributed by atoms with Crippen molar-refractivity contribution in [3.05, 3.63) is 47.4 Å². The Morgan fingerprint density at radius 1 is 1.45 bits per heavy atom. The molecular formula is C22H28N2O5. The lowest BCUT2D eigenvalue weighted by atomic mass is 9.86. The van der Waals surface area contributed by atoms with Crippen molar-refractivity contribution in [2.45, 2.75) is 45.4 Å². The Bertz CT molecular complexity index is 819. The highest BCUT2D eigenvalue weighted by molar-refractivity contribution is 5.46. The third-order valence-corrected chi connectivity index (χ3v) is 4.43. The number of carbonyl (C=O) groups excluding carboxylic acids is 1. The largest absolute Gasteiger partial charge is 0.494 e. The van der Waals surface area contributed by atoms with Crippen LogP contribution in [0.1, 0.15) is 44.9 Å². The summed E-state index contributed by atoms with van der Waals surface area (Å²) in [6.07, 6.45) is 2.04. The van der Waals surface area contributed by atoms with E-state index in [1.165, 1.54) is 6.08 Å². The Balaban J connectivity index is 2.26. The van der Waals surface area contributed by atoms with Gasteiger partial charge in [0.25, 0.3) is 0 Å². The summed E-state index contributed by atoms with van der Waals surface area (Å²) in [5, 5.41) is 23.3. The smallest absolute Gasteiger partial charge is 0.137 e. The van der Waals surface area contributed by atoms with E-state index >= 15 is 0 Å². The molecule has 1 aromatic rings. The SMILES string of the molecule is CC(C)CO/C(=C/N[C@@H]1c2cc(C#N)ccc2OC(C)(C)[C@H]1O)COCC=C=O. The molecule has 0 radical (unpaired) electrons. The molecule has 7 nitrogen and oxygen atoms in total. The fourth-order valence-electron chi connectivity index (χ4n) is 2.88. The van der Waals surface area contributed by atoms with Crippen LogP contribution < -0.4 is 10.1 Å². The van der Waals surface area contributed by atoms with Crippen molar-refractivity contribution >= 4 is 5.94 Å². The normalized spacial score (nSPS) is 20.1. The van der Waals surface area contributed by atoms with Crippen molar-refractivity contribution in [3.63, 3.8) is 0 Å². The van der Waals surface area contributed by atoms with Gasteiger partial charge in [-0.05, 0) is 38.0 Å². The van der Waals surface area contributed by atoms with Gasteiger partial charge in [-0.25, -0.2) is 4.79 Å². The zero-order valence-electron chi connectivity index (χ0n) is 17.3. The molecule has 2 rings (SSSR count). The Hall–Kier alpha value is -2.78. The molecule has 0 spiro atoms. The first-order valence-electron chi connectivity index (χ1n) is 9.54. The van der Waals surface area contributed by atoms with E-state index in [2.05, 4.69) is 11.4 Å². The van der Waals surface area contributed by atoms with Crippen molar-refractivity contribution in [2.24, 2.45) is 5.92 Å². The minimum absolute atomic E-state index is 0.132. The van der Waals surface area contributed by atoms with Gasteiger partial charge in [-0.3, -0.25) is 0 Å². The zero-order chi connectivity index (χ0) is 21.4. The molecule has 1 heterocycles. The Labute approximate surface area is 171 Å². The van der Waals surface area contributed by atoms with Crippen LogP contribution in [0.2, 0.25) is 0 Å². The molecule has 29 heavy (non-hydrogen) atoms. The van der Waals surface area contributed by atoms with E-state index in [1.54, 1.807) is 30.3 Å². The lowest BCUT2D eigenvalue weighted by Crippen LogP contribution is -2.51. The molecule has 0 saturated heterocycles. The van der Waals surface area contributed by atoms with Gasteiger partial charge in [0, 0.05) is 17.8 Å². The van der Waals surface area contributed by atoms with E-state index in [0.717, 1.165) is 0 Å². The highest BCUT2D eigenvalue weighted by atomic mass is 16.5. The first kappa shape index (κ1) is 22.5. The first-order valence-corrected chi connectivity index (χ1v) is 9.54. The molecule has 0 fully saturated rings. The van der Waals surface area contributed by atoms with Crippen molar-refractivity contribution < 1.29 is 24.1 Å². The van der Waals surface area contributed by atoms with Crippen LogP contribution in [-0.2, 0) is 14.3 Å². The second-order valence-electron chi connectivity index (χ2n) is 7.81. The number of nitriles is 1. The molecule has 0 saturated carbocycles. The Kier molecular flexibility index (Phi) is 7.86. The second-order valence-corrected chi connectivity index (χ2v) is 7.81. The predicted octanol–water partition coefficient (Wildman–Crippen LogP) is 2.64. The maximum absolute atomic E-state index is 10.9. The first-order chi connectivity index (χ1) is 13.8. The summed E-state index contributed by atoms with van der Waals surface area (Å²) in [6.45, 7) is 8.47. The molecule has 7 heteroatoms. The minimum Gasteiger partial charge on any atom is -0.494 e. The van der Waals surface area contributed by atoms with Gasteiger partial charge < -0.3 is 24.6 Å². The van der Waals surface area contributed by atoms with Gasteiger partial charge in [-0.2, -0.15) is 5.26 Å². The number of hydrogen-bond donors (Lipinski definition) is 2. The van der Waals surface area contributed by atoms with Crippen LogP contribution in [0.5, 0.6) is 5.75 Å². The fourth-order valence-corrected chi connectivity index (χ4v) is 2.88. The van der Waals surface area contributed by atoms with Crippen LogP contribution in [0, 0.1) is 17.2 Å². The molecule has 0 bridgehead atoms. The quantitative estimate of drug-likeness (QED) is 0.373. The van der Waals surface area contributed by atoms with Crippen molar-refractivity contribution in [3.8, 4) is 11.8 Å². The van der Waals surface area contributed by atoms with Gasteiger partial charge in [-0.1, -0.05) is 13.8 Å². The average Bonchev–Trinajstić information content (AvgIpc) is 2.68. The van der Waals surface area contributed by atoms with Crippen LogP contribution in [0.25, 0.3) is 0 Å². The molecule has 2 atom stereocenters. The monoisotopic (exact) mass is 400 g/mol. The molecular weight excluding hydrogens is 372 g/mol. The summed E-state index contributed by atoms with van der Waals surface area (Å²) in [5.41, 5.74) is 0.354. The number of nitrogens with zero attached hydrogens (tertiary/aromatic N) is 1. The topological polar surface area (TPSA) is 101 Å². The molecule has 2 N–H and O–H groups in total. The molecule has 0 aliphatic carbocycles. The number of benzene rings is 1. The number of rotatable bonds is 9. The van der Waals surface area contributed by atoms with Gasteiger partial charge >= 0.3 is 0 Å². The van der Waals surface area contributed by atoms with E-state index in [0.29, 0.717) is 35.2 Å². The van der Waals surface area contributed by atoms with Crippen LogP contribution in [0.15, 0.2) is 36.2 Å². The molecule has 1 aromatic carbocycles. The molecule has 0 aromatic heterocycles. The minimum atomic E-state index is -0.870. The number of fused-ring (bicyclic) bond motifs is 1. The number of hydrogen-bond acceptors (Lipinski definition) is 7. The molecule has 1 aliphatic rings. The van der Waals surface area contributed by atoms with Gasteiger partial charge in [0.05, 0.1) is 30.9 Å². The van der Waals surface area contributed by atoms with Gasteiger partial charge in [0.15, 0.2) is 0 Å². The van der Waals surface area contributed by atoms with E-state index in [1.807, 2.05) is 27.7 Å². The maximum atomic E-state index is 10.9. The third-order valence-electron chi connectivity index (χ3n) is 4.43. The number of ether oxygens (including phenoxy) is 3. The van der Waals surface area contributed by atoms with E-state index < -0.39 is 17.7 Å². The van der Waals surface area contributed by atoms with E-state index in [9.17, 15) is 15.2 Å². The van der Waals surface area contributed by atoms with Crippen LogP contribution in [0.4, 0.5) is 0 Å². The van der Waals surface area contributed by atoms with Crippen molar-refractivity contribution in [1.29, 1.82) is 5.26 Å². The highest BCUT2D eigenvalue weighted by Crippen LogP contribution is 2.40. The van der Waals surface area contributed by atoms with Crippen molar-refractivity contribution in [1.82, 2.24) is 5.32 Å². The second kappa shape index (κ2) is 10.1. The van der Waals surface area contributed by atoms with Crippen LogP contribution in [0.3, 0.4) is 0 Å². The third kappa shape index (κ3) is 6.10. The van der Waals surface area contributed by atoms with Gasteiger partial charge in [-0.15, -0.1) is 0 Å². The van der Waals surface area contributed by atoms with E-state index in [-0.39, 0.29) is 13.2 Å². The van der Waals surface area contributed by atoms with Crippen molar-refractivity contribution in [2.75, 3.05) is 19.8 Å². The van der Waals surface area contributed by atoms with Gasteiger partial charge in [0.1, 0.15) is 35.8 Å². The Morgan fingerprint density at radius 2 is 2.21 bits per heavy atom. The van der Waals surface area contributed by atoms with Crippen LogP contribution in [-0.4, -0.2) is 42.6 Å². The zero-order valence-corrected chi connectivity index (χ0v) is 17.3. The Morgan fingerprint density at radius 3 is 2.86 bits per heavy atom. The summed E-state index contributed by atoms with van der Waals surface area (Å²) in [4.78, 5) is 10.3. The predicted molar refractivity (Wildman–Crippen MR) is 108 cm³/mol. The molecule has 1 aliphatic heterocycles. The summed E-state index contributed by atoms with van der Waals surface area (Å²) in [7, 11) is 0.